The van der Waals surface area contributed by atoms with Crippen LogP contribution in [0.15, 0.2) is 163 Å². The number of phenolic OH excluding ortho intramolecular Hbond substituents is 1. The fourth-order valence-corrected chi connectivity index (χ4v) is 8.97. The van der Waals surface area contributed by atoms with Crippen molar-refractivity contribution in [2.45, 2.75) is 76.2 Å². The second kappa shape index (κ2) is 27.9. The van der Waals surface area contributed by atoms with Crippen molar-refractivity contribution in [1.82, 2.24) is 4.57 Å². The van der Waals surface area contributed by atoms with Gasteiger partial charge in [-0.2, -0.15) is 0 Å². The Hall–Kier alpha value is -9.42. The van der Waals surface area contributed by atoms with Crippen LogP contribution in [0.1, 0.15) is 92.4 Å². The number of fused-ring (bicyclic) bond motifs is 1. The molecule has 6 aromatic carbocycles. The highest BCUT2D eigenvalue weighted by atomic mass is 16.7. The van der Waals surface area contributed by atoms with Crippen molar-refractivity contribution in [2.75, 3.05) is 32.8 Å². The van der Waals surface area contributed by atoms with E-state index in [1.165, 1.54) is 86.5 Å². The predicted octanol–water partition coefficient (Wildman–Crippen LogP) is 10.3. The van der Waals surface area contributed by atoms with E-state index in [2.05, 4.69) is 12.2 Å². The number of aromatic nitrogens is 1. The van der Waals surface area contributed by atoms with Gasteiger partial charge < -0.3 is 57.6 Å². The fraction of sp³-hybridized carbons (Fsp3) is 0.270. The number of hydrogen-bond donors (Lipinski definition) is 2. The first-order chi connectivity index (χ1) is 39.4. The molecule has 5 atom stereocenters. The molecule has 1 aliphatic rings. The van der Waals surface area contributed by atoms with Gasteiger partial charge >= 0.3 is 23.9 Å². The Morgan fingerprint density at radius 3 is 1.67 bits per heavy atom. The Morgan fingerprint density at radius 2 is 1.12 bits per heavy atom. The SMILES string of the molecule is CCCCCCCCOc1c(O[C@@H]2O[C@H](COC(=O)c3ccccc3)[C@@H](OC(=O)c3ccccc3)[C@H](OC(=O)c3ccccc3)[C@H]2OC(=O)c2ccccc2)c2ccc(NC(=O)C=Cc3cc(OC)c(O)c(OC)c3)cc2n(C)c1=O. The molecular weight excluding hydrogens is 1040 g/mol. The van der Waals surface area contributed by atoms with Gasteiger partial charge in [-0.3, -0.25) is 9.59 Å². The molecule has 0 aliphatic carbocycles. The average molecular weight is 1100 g/mol. The summed E-state index contributed by atoms with van der Waals surface area (Å²) in [5.74, 6) is -4.44. The zero-order valence-electron chi connectivity index (χ0n) is 45.2. The molecular formula is C63H62N2O16. The normalized spacial score (nSPS) is 16.7. The number of amides is 1. The lowest BCUT2D eigenvalue weighted by atomic mass is 9.97. The molecule has 0 unspecified atom stereocenters. The molecule has 2 N–H and O–H groups in total. The number of pyridine rings is 1. The molecule has 18 heteroatoms. The minimum absolute atomic E-state index is 0.0788. The molecule has 0 saturated carbocycles. The number of carbonyl (C=O) groups excluding carboxylic acids is 5. The van der Waals surface area contributed by atoms with E-state index in [-0.39, 0.29) is 74.2 Å². The highest BCUT2D eigenvalue weighted by Gasteiger charge is 2.55. The summed E-state index contributed by atoms with van der Waals surface area (Å²) >= 11 is 0. The molecule has 1 fully saturated rings. The number of anilines is 1. The second-order valence-electron chi connectivity index (χ2n) is 18.8. The molecule has 81 heavy (non-hydrogen) atoms. The van der Waals surface area contributed by atoms with Gasteiger partial charge in [-0.05, 0) is 96.9 Å². The summed E-state index contributed by atoms with van der Waals surface area (Å²) in [4.78, 5) is 84.9. The lowest BCUT2D eigenvalue weighted by molar-refractivity contribution is -0.275. The van der Waals surface area contributed by atoms with E-state index >= 15 is 0 Å². The number of aromatic hydroxyl groups is 1. The number of hydrogen-bond acceptors (Lipinski definition) is 16. The zero-order valence-corrected chi connectivity index (χ0v) is 45.2. The largest absolute Gasteiger partial charge is 0.502 e. The van der Waals surface area contributed by atoms with Crippen molar-refractivity contribution in [2.24, 2.45) is 7.05 Å². The molecule has 1 aromatic heterocycles. The lowest BCUT2D eigenvalue weighted by Gasteiger charge is -2.44. The number of unbranched alkanes of at least 4 members (excludes halogenated alkanes) is 5. The maximum Gasteiger partial charge on any atom is 0.338 e. The number of phenols is 1. The van der Waals surface area contributed by atoms with E-state index in [4.69, 9.17) is 42.6 Å². The summed E-state index contributed by atoms with van der Waals surface area (Å²) < 4.78 is 56.5. The van der Waals surface area contributed by atoms with Crippen LogP contribution in [0.5, 0.6) is 28.7 Å². The van der Waals surface area contributed by atoms with E-state index in [0.29, 0.717) is 12.0 Å². The number of rotatable bonds is 24. The first-order valence-corrected chi connectivity index (χ1v) is 26.4. The smallest absolute Gasteiger partial charge is 0.338 e. The quantitative estimate of drug-likeness (QED) is 0.0249. The number of ether oxygens (including phenoxy) is 9. The van der Waals surface area contributed by atoms with Crippen LogP contribution in [-0.2, 0) is 35.5 Å². The van der Waals surface area contributed by atoms with Gasteiger partial charge in [0.05, 0.1) is 48.6 Å². The summed E-state index contributed by atoms with van der Waals surface area (Å²) in [6.45, 7) is 1.58. The van der Waals surface area contributed by atoms with Gasteiger partial charge in [0.1, 0.15) is 12.7 Å². The van der Waals surface area contributed by atoms with Crippen molar-refractivity contribution in [1.29, 1.82) is 0 Å². The molecule has 2 heterocycles. The van der Waals surface area contributed by atoms with Crippen LogP contribution < -0.4 is 29.8 Å². The number of methoxy groups -OCH3 is 2. The van der Waals surface area contributed by atoms with Crippen LogP contribution in [-0.4, -0.2) is 97.6 Å². The maximum atomic E-state index is 14.8. The Bertz CT molecular complexity index is 3360. The van der Waals surface area contributed by atoms with Gasteiger partial charge in [0.15, 0.2) is 29.5 Å². The summed E-state index contributed by atoms with van der Waals surface area (Å²) in [5.41, 5.74) is 0.771. The third-order valence-corrected chi connectivity index (χ3v) is 13.2. The van der Waals surface area contributed by atoms with Gasteiger partial charge in [0, 0.05) is 24.2 Å². The summed E-state index contributed by atoms with van der Waals surface area (Å²) in [5, 5.41) is 13.5. The van der Waals surface area contributed by atoms with Crippen LogP contribution in [0.2, 0.25) is 0 Å². The van der Waals surface area contributed by atoms with Crippen molar-refractivity contribution < 1.29 is 71.7 Å². The highest BCUT2D eigenvalue weighted by molar-refractivity contribution is 6.03. The number of aryl methyl sites for hydroxylation is 1. The molecule has 420 valence electrons. The molecule has 0 spiro atoms. The van der Waals surface area contributed by atoms with Gasteiger partial charge in [-0.1, -0.05) is 112 Å². The van der Waals surface area contributed by atoms with Crippen LogP contribution in [0.3, 0.4) is 0 Å². The summed E-state index contributed by atoms with van der Waals surface area (Å²) in [6, 6.07) is 39.7. The van der Waals surface area contributed by atoms with Crippen LogP contribution >= 0.6 is 0 Å². The zero-order chi connectivity index (χ0) is 57.3. The Kier molecular flexibility index (Phi) is 19.9. The Labute approximate surface area is 467 Å². The topological polar surface area (TPSA) is 223 Å². The molecule has 1 aliphatic heterocycles. The number of benzene rings is 6. The van der Waals surface area contributed by atoms with E-state index in [1.54, 1.807) is 103 Å². The second-order valence-corrected chi connectivity index (χ2v) is 18.8. The fourth-order valence-electron chi connectivity index (χ4n) is 8.97. The summed E-state index contributed by atoms with van der Waals surface area (Å²) in [7, 11) is 4.29. The van der Waals surface area contributed by atoms with Gasteiger partial charge in [-0.15, -0.1) is 0 Å². The molecule has 1 saturated heterocycles. The Balaban J connectivity index is 1.24. The van der Waals surface area contributed by atoms with Crippen LogP contribution in [0.4, 0.5) is 5.69 Å². The molecule has 18 nitrogen and oxygen atoms in total. The molecule has 1 amide bonds. The average Bonchev–Trinajstić information content (AvgIpc) is 3.58. The number of carbonyl (C=O) groups is 5. The van der Waals surface area contributed by atoms with Crippen molar-refractivity contribution >= 4 is 52.5 Å². The van der Waals surface area contributed by atoms with E-state index in [1.807, 2.05) is 0 Å². The standard InChI is InChI=1S/C63H62N2O16/c1-5-6-7-8-9-22-35-75-56-53(46-33-32-45(38-47(46)65(2)58(56)68)64-51(66)34-31-40-36-48(73-3)52(67)49(37-40)74-4)81-63-57(80-62(72)44-29-20-13-21-30-44)55(79-61(71)43-27-18-12-19-28-43)54(78-60(70)42-25-16-11-17-26-42)50(77-63)39-76-59(69)41-23-14-10-15-24-41/h10-21,23-34,36-38,50,54-55,57,63,67H,5-9,22,35,39H2,1-4H3,(H,64,66)/t50-,54-,55+,57-,63+/m1/s1. The van der Waals surface area contributed by atoms with Gasteiger partial charge in [-0.25, -0.2) is 19.2 Å². The van der Waals surface area contributed by atoms with Gasteiger partial charge in [0.2, 0.25) is 29.8 Å². The summed E-state index contributed by atoms with van der Waals surface area (Å²) in [6.07, 6.45) is -0.417. The number of esters is 4. The predicted molar refractivity (Wildman–Crippen MR) is 300 cm³/mol. The molecule has 7 aromatic rings. The number of nitrogens with zero attached hydrogens (tertiary/aromatic N) is 1. The highest BCUT2D eigenvalue weighted by Crippen LogP contribution is 2.40. The monoisotopic (exact) mass is 1100 g/mol. The third-order valence-electron chi connectivity index (χ3n) is 13.2. The minimum atomic E-state index is -1.85. The molecule has 0 bridgehead atoms. The van der Waals surface area contributed by atoms with E-state index in [9.17, 15) is 33.9 Å². The first kappa shape index (κ1) is 57.7. The molecule has 0 radical (unpaired) electrons. The maximum absolute atomic E-state index is 14.8. The number of nitrogens with one attached hydrogen (secondary N) is 1. The molecule has 8 rings (SSSR count). The van der Waals surface area contributed by atoms with Crippen molar-refractivity contribution in [3.05, 3.63) is 196 Å². The lowest BCUT2D eigenvalue weighted by Crippen LogP contribution is -2.64. The van der Waals surface area contributed by atoms with E-state index in [0.717, 1.165) is 32.1 Å². The van der Waals surface area contributed by atoms with Gasteiger partial charge in [0.25, 0.3) is 5.56 Å². The van der Waals surface area contributed by atoms with E-state index < -0.39 is 72.7 Å². The van der Waals surface area contributed by atoms with Crippen LogP contribution in [0, 0.1) is 0 Å². The van der Waals surface area contributed by atoms with Crippen molar-refractivity contribution in [3.63, 3.8) is 0 Å². The third kappa shape index (κ3) is 14.6. The van der Waals surface area contributed by atoms with Crippen LogP contribution in [0.25, 0.3) is 17.0 Å². The first-order valence-electron chi connectivity index (χ1n) is 26.4. The Morgan fingerprint density at radius 1 is 0.617 bits per heavy atom. The van der Waals surface area contributed by atoms with Crippen molar-refractivity contribution in [3.8, 4) is 28.7 Å². The minimum Gasteiger partial charge on any atom is -0.502 e.